The first kappa shape index (κ1) is 17.4. The summed E-state index contributed by atoms with van der Waals surface area (Å²) in [7, 11) is 0. The number of nitrogens with zero attached hydrogens (tertiary/aromatic N) is 2. The van der Waals surface area contributed by atoms with Gasteiger partial charge in [-0.1, -0.05) is 13.8 Å². The molecular formula is C15H32N4O. The van der Waals surface area contributed by atoms with Crippen molar-refractivity contribution in [3.63, 3.8) is 0 Å². The lowest BCUT2D eigenvalue weighted by molar-refractivity contribution is -0.124. The molecule has 1 aliphatic heterocycles. The third-order valence-corrected chi connectivity index (χ3v) is 4.38. The molecule has 1 aliphatic rings. The van der Waals surface area contributed by atoms with Crippen molar-refractivity contribution in [2.45, 2.75) is 52.1 Å². The van der Waals surface area contributed by atoms with Crippen LogP contribution in [0.2, 0.25) is 0 Å². The monoisotopic (exact) mass is 284 g/mol. The Morgan fingerprint density at radius 1 is 1.30 bits per heavy atom. The summed E-state index contributed by atoms with van der Waals surface area (Å²) >= 11 is 0. The van der Waals surface area contributed by atoms with E-state index in [1.165, 1.54) is 13.0 Å². The van der Waals surface area contributed by atoms with E-state index in [0.29, 0.717) is 6.04 Å². The Balaban J connectivity index is 2.50. The largest absolute Gasteiger partial charge is 0.368 e. The second kappa shape index (κ2) is 7.96. The molecule has 0 aliphatic carbocycles. The van der Waals surface area contributed by atoms with E-state index >= 15 is 0 Å². The quantitative estimate of drug-likeness (QED) is 0.687. The molecule has 118 valence electrons. The molecule has 5 nitrogen and oxygen atoms in total. The summed E-state index contributed by atoms with van der Waals surface area (Å²) in [5, 5.41) is 3.25. The van der Waals surface area contributed by atoms with Crippen LogP contribution in [0.3, 0.4) is 0 Å². The Labute approximate surface area is 123 Å². The molecule has 0 saturated carbocycles. The van der Waals surface area contributed by atoms with Crippen LogP contribution in [0.5, 0.6) is 0 Å². The molecule has 0 radical (unpaired) electrons. The van der Waals surface area contributed by atoms with Gasteiger partial charge < -0.3 is 16.0 Å². The summed E-state index contributed by atoms with van der Waals surface area (Å²) in [4.78, 5) is 16.7. The zero-order chi connectivity index (χ0) is 15.2. The lowest BCUT2D eigenvalue weighted by atomic mass is 9.91. The van der Waals surface area contributed by atoms with Crippen molar-refractivity contribution in [1.29, 1.82) is 0 Å². The molecule has 20 heavy (non-hydrogen) atoms. The van der Waals surface area contributed by atoms with E-state index in [2.05, 4.69) is 29.0 Å². The molecule has 3 N–H and O–H groups in total. The van der Waals surface area contributed by atoms with Crippen LogP contribution in [-0.4, -0.2) is 66.6 Å². The SMILES string of the molecule is CCCN1CCN(C(C)CC(C)(NCC)C(N)=O)CC1. The van der Waals surface area contributed by atoms with E-state index < -0.39 is 5.54 Å². The molecular weight excluding hydrogens is 252 g/mol. The van der Waals surface area contributed by atoms with Crippen LogP contribution in [0.1, 0.15) is 40.5 Å². The maximum atomic E-state index is 11.7. The zero-order valence-corrected chi connectivity index (χ0v) is 13.6. The van der Waals surface area contributed by atoms with Crippen LogP contribution >= 0.6 is 0 Å². The Bertz CT molecular complexity index is 302. The van der Waals surface area contributed by atoms with Gasteiger partial charge in [-0.3, -0.25) is 9.69 Å². The number of hydrogen-bond donors (Lipinski definition) is 2. The molecule has 2 atom stereocenters. The summed E-state index contributed by atoms with van der Waals surface area (Å²) in [5.41, 5.74) is 4.97. The summed E-state index contributed by atoms with van der Waals surface area (Å²) < 4.78 is 0. The molecule has 5 heteroatoms. The first-order chi connectivity index (χ1) is 9.42. The predicted molar refractivity (Wildman–Crippen MR) is 83.7 cm³/mol. The second-order valence-electron chi connectivity index (χ2n) is 6.16. The fourth-order valence-electron chi connectivity index (χ4n) is 3.11. The van der Waals surface area contributed by atoms with Crippen molar-refractivity contribution in [3.05, 3.63) is 0 Å². The minimum atomic E-state index is -0.602. The van der Waals surface area contributed by atoms with Gasteiger partial charge in [0, 0.05) is 32.2 Å². The van der Waals surface area contributed by atoms with Crippen molar-refractivity contribution in [1.82, 2.24) is 15.1 Å². The third kappa shape index (κ3) is 4.72. The van der Waals surface area contributed by atoms with Crippen LogP contribution in [0.25, 0.3) is 0 Å². The highest BCUT2D eigenvalue weighted by molar-refractivity contribution is 5.84. The molecule has 1 rings (SSSR count). The number of piperazine rings is 1. The van der Waals surface area contributed by atoms with Gasteiger partial charge in [-0.25, -0.2) is 0 Å². The number of nitrogens with one attached hydrogen (secondary N) is 1. The van der Waals surface area contributed by atoms with Gasteiger partial charge in [0.2, 0.25) is 5.91 Å². The van der Waals surface area contributed by atoms with E-state index in [-0.39, 0.29) is 5.91 Å². The molecule has 0 aromatic rings. The number of primary amides is 1. The van der Waals surface area contributed by atoms with Gasteiger partial charge in [0.25, 0.3) is 0 Å². The molecule has 2 unspecified atom stereocenters. The van der Waals surface area contributed by atoms with Gasteiger partial charge in [-0.15, -0.1) is 0 Å². The number of nitrogens with two attached hydrogens (primary N) is 1. The highest BCUT2D eigenvalue weighted by atomic mass is 16.1. The standard InChI is InChI=1S/C15H32N4O/c1-5-7-18-8-10-19(11-9-18)13(3)12-15(4,14(16)20)17-6-2/h13,17H,5-12H2,1-4H3,(H2,16,20). The van der Waals surface area contributed by atoms with Crippen molar-refractivity contribution < 1.29 is 4.79 Å². The predicted octanol–water partition coefficient (Wildman–Crippen LogP) is 0.646. The molecule has 0 spiro atoms. The van der Waals surface area contributed by atoms with Crippen LogP contribution in [0.15, 0.2) is 0 Å². The minimum Gasteiger partial charge on any atom is -0.368 e. The van der Waals surface area contributed by atoms with E-state index in [1.54, 1.807) is 0 Å². The van der Waals surface area contributed by atoms with Crippen molar-refractivity contribution in [2.75, 3.05) is 39.3 Å². The molecule has 0 bridgehead atoms. The van der Waals surface area contributed by atoms with Gasteiger partial charge in [0.05, 0.1) is 5.54 Å². The fourth-order valence-corrected chi connectivity index (χ4v) is 3.11. The Morgan fingerprint density at radius 2 is 1.90 bits per heavy atom. The Morgan fingerprint density at radius 3 is 2.35 bits per heavy atom. The molecule has 1 amide bonds. The summed E-state index contributed by atoms with van der Waals surface area (Å²) in [6.07, 6.45) is 1.99. The third-order valence-electron chi connectivity index (χ3n) is 4.38. The molecule has 1 saturated heterocycles. The maximum Gasteiger partial charge on any atom is 0.237 e. The first-order valence-corrected chi connectivity index (χ1v) is 7.94. The average molecular weight is 284 g/mol. The smallest absolute Gasteiger partial charge is 0.237 e. The first-order valence-electron chi connectivity index (χ1n) is 7.94. The number of amides is 1. The van der Waals surface area contributed by atoms with Crippen molar-refractivity contribution in [3.8, 4) is 0 Å². The highest BCUT2D eigenvalue weighted by Crippen LogP contribution is 2.18. The lowest BCUT2D eigenvalue weighted by Crippen LogP contribution is -2.58. The van der Waals surface area contributed by atoms with Gasteiger partial charge in [-0.05, 0) is 39.8 Å². The summed E-state index contributed by atoms with van der Waals surface area (Å²) in [6.45, 7) is 14.7. The summed E-state index contributed by atoms with van der Waals surface area (Å²) in [5.74, 6) is -0.254. The number of rotatable bonds is 8. The van der Waals surface area contributed by atoms with E-state index in [4.69, 9.17) is 5.73 Å². The van der Waals surface area contributed by atoms with Crippen LogP contribution in [0, 0.1) is 0 Å². The zero-order valence-electron chi connectivity index (χ0n) is 13.6. The number of carbonyl (C=O) groups is 1. The number of hydrogen-bond acceptors (Lipinski definition) is 4. The normalized spacial score (nSPS) is 22.4. The Kier molecular flexibility index (Phi) is 6.92. The van der Waals surface area contributed by atoms with Gasteiger partial charge in [0.1, 0.15) is 0 Å². The van der Waals surface area contributed by atoms with Crippen molar-refractivity contribution >= 4 is 5.91 Å². The molecule has 1 heterocycles. The Hall–Kier alpha value is -0.650. The average Bonchev–Trinajstić information content (AvgIpc) is 2.40. The second-order valence-corrected chi connectivity index (χ2v) is 6.16. The maximum absolute atomic E-state index is 11.7. The van der Waals surface area contributed by atoms with Crippen LogP contribution in [-0.2, 0) is 4.79 Å². The fraction of sp³-hybridized carbons (Fsp3) is 0.933. The minimum absolute atomic E-state index is 0.254. The lowest BCUT2D eigenvalue weighted by Gasteiger charge is -2.40. The van der Waals surface area contributed by atoms with Gasteiger partial charge >= 0.3 is 0 Å². The van der Waals surface area contributed by atoms with Crippen molar-refractivity contribution in [2.24, 2.45) is 5.73 Å². The molecule has 0 aromatic heterocycles. The van der Waals surface area contributed by atoms with Gasteiger partial charge in [0.15, 0.2) is 0 Å². The highest BCUT2D eigenvalue weighted by Gasteiger charge is 2.34. The molecule has 1 fully saturated rings. The van der Waals surface area contributed by atoms with E-state index in [1.807, 2.05) is 13.8 Å². The van der Waals surface area contributed by atoms with Gasteiger partial charge in [-0.2, -0.15) is 0 Å². The number of likely N-dealkylation sites (N-methyl/N-ethyl adjacent to an activating group) is 1. The van der Waals surface area contributed by atoms with Crippen LogP contribution in [0.4, 0.5) is 0 Å². The topological polar surface area (TPSA) is 61.6 Å². The van der Waals surface area contributed by atoms with Crippen LogP contribution < -0.4 is 11.1 Å². The van der Waals surface area contributed by atoms with E-state index in [0.717, 1.165) is 39.1 Å². The number of carbonyl (C=O) groups excluding carboxylic acids is 1. The summed E-state index contributed by atoms with van der Waals surface area (Å²) in [6, 6.07) is 0.371. The van der Waals surface area contributed by atoms with E-state index in [9.17, 15) is 4.79 Å². The molecule has 0 aromatic carbocycles.